The van der Waals surface area contributed by atoms with Gasteiger partial charge in [0, 0.05) is 23.9 Å². The van der Waals surface area contributed by atoms with Gasteiger partial charge in [-0.1, -0.05) is 26.1 Å². The van der Waals surface area contributed by atoms with Gasteiger partial charge in [0.1, 0.15) is 10.8 Å². The van der Waals surface area contributed by atoms with Crippen LogP contribution in [0.1, 0.15) is 45.1 Å². The lowest BCUT2D eigenvalue weighted by Gasteiger charge is -2.40. The van der Waals surface area contributed by atoms with E-state index in [9.17, 15) is 4.39 Å². The Labute approximate surface area is 131 Å². The monoisotopic (exact) mass is 310 g/mol. The van der Waals surface area contributed by atoms with Crippen LogP contribution in [0.15, 0.2) is 18.2 Å². The molecule has 116 valence electrons. The second-order valence-electron chi connectivity index (χ2n) is 5.63. The van der Waals surface area contributed by atoms with Crippen molar-refractivity contribution in [3.8, 4) is 0 Å². The van der Waals surface area contributed by atoms with Crippen LogP contribution in [0, 0.1) is 5.82 Å². The van der Waals surface area contributed by atoms with E-state index < -0.39 is 0 Å². The van der Waals surface area contributed by atoms with E-state index in [0.29, 0.717) is 5.56 Å². The van der Waals surface area contributed by atoms with E-state index in [-0.39, 0.29) is 22.4 Å². The number of thiocarbonyl (C=S) groups is 1. The molecular weight excluding hydrogens is 287 g/mol. The van der Waals surface area contributed by atoms with Crippen LogP contribution >= 0.6 is 12.2 Å². The molecule has 5 heteroatoms. The van der Waals surface area contributed by atoms with E-state index in [1.54, 1.807) is 6.07 Å². The highest BCUT2D eigenvalue weighted by Crippen LogP contribution is 2.33. The molecule has 1 aromatic rings. The van der Waals surface area contributed by atoms with Gasteiger partial charge in [-0.25, -0.2) is 4.39 Å². The molecule has 1 aliphatic rings. The lowest BCUT2D eigenvalue weighted by molar-refractivity contribution is -0.0864. The Morgan fingerprint density at radius 1 is 1.48 bits per heavy atom. The number of rotatable bonds is 5. The Balaban J connectivity index is 2.16. The van der Waals surface area contributed by atoms with Crippen LogP contribution in [0.4, 0.5) is 10.1 Å². The number of nitrogens with one attached hydrogen (secondary N) is 1. The molecule has 0 bridgehead atoms. The molecule has 1 saturated heterocycles. The maximum Gasteiger partial charge on any atom is 0.124 e. The molecule has 0 aliphatic carbocycles. The van der Waals surface area contributed by atoms with Crippen LogP contribution in [-0.2, 0) is 4.74 Å². The van der Waals surface area contributed by atoms with E-state index in [4.69, 9.17) is 22.7 Å². The number of hydrogen-bond donors (Lipinski definition) is 2. The topological polar surface area (TPSA) is 47.3 Å². The third-order valence-electron chi connectivity index (χ3n) is 4.39. The van der Waals surface area contributed by atoms with Crippen molar-refractivity contribution in [2.24, 2.45) is 5.73 Å². The Morgan fingerprint density at radius 3 is 2.81 bits per heavy atom. The highest BCUT2D eigenvalue weighted by molar-refractivity contribution is 7.80. The van der Waals surface area contributed by atoms with Crippen molar-refractivity contribution in [2.45, 2.75) is 51.2 Å². The van der Waals surface area contributed by atoms with Crippen LogP contribution in [0.3, 0.4) is 0 Å². The fourth-order valence-electron chi connectivity index (χ4n) is 2.96. The lowest BCUT2D eigenvalue weighted by Crippen LogP contribution is -2.43. The molecule has 0 spiro atoms. The molecule has 0 amide bonds. The summed E-state index contributed by atoms with van der Waals surface area (Å²) in [6.07, 6.45) is 3.85. The molecule has 1 atom stereocenters. The molecule has 0 aromatic heterocycles. The van der Waals surface area contributed by atoms with Crippen LogP contribution in [0.2, 0.25) is 0 Å². The summed E-state index contributed by atoms with van der Waals surface area (Å²) < 4.78 is 19.3. The predicted octanol–water partition coefficient (Wildman–Crippen LogP) is 3.61. The van der Waals surface area contributed by atoms with Crippen molar-refractivity contribution in [2.75, 3.05) is 11.9 Å². The third kappa shape index (κ3) is 3.71. The number of benzene rings is 1. The number of anilines is 1. The number of nitrogens with two attached hydrogens (primary N) is 1. The molecule has 0 saturated carbocycles. The fourth-order valence-corrected chi connectivity index (χ4v) is 3.13. The van der Waals surface area contributed by atoms with E-state index in [1.807, 2.05) is 0 Å². The molecule has 3 N–H and O–H groups in total. The summed E-state index contributed by atoms with van der Waals surface area (Å²) in [7, 11) is 0. The van der Waals surface area contributed by atoms with E-state index in [0.717, 1.165) is 38.0 Å². The summed E-state index contributed by atoms with van der Waals surface area (Å²) in [6.45, 7) is 5.05. The van der Waals surface area contributed by atoms with Crippen molar-refractivity contribution in [1.82, 2.24) is 0 Å². The van der Waals surface area contributed by atoms with Gasteiger partial charge in [0.15, 0.2) is 0 Å². The summed E-state index contributed by atoms with van der Waals surface area (Å²) >= 11 is 5.01. The molecule has 1 fully saturated rings. The van der Waals surface area contributed by atoms with Crippen molar-refractivity contribution >= 4 is 22.9 Å². The van der Waals surface area contributed by atoms with Gasteiger partial charge in [0.05, 0.1) is 5.60 Å². The maximum atomic E-state index is 13.4. The average Bonchev–Trinajstić information content (AvgIpc) is 2.49. The zero-order valence-corrected chi connectivity index (χ0v) is 13.4. The third-order valence-corrected chi connectivity index (χ3v) is 4.61. The van der Waals surface area contributed by atoms with Crippen LogP contribution in [0.5, 0.6) is 0 Å². The SMILES string of the molecule is CCC1(CC)CC(Nc2ccc(F)cc2C(N)=S)CCO1. The fraction of sp³-hybridized carbons (Fsp3) is 0.562. The summed E-state index contributed by atoms with van der Waals surface area (Å²) in [5.41, 5.74) is 7.01. The molecule has 1 aromatic carbocycles. The second kappa shape index (κ2) is 6.71. The highest BCUT2D eigenvalue weighted by Gasteiger charge is 2.34. The molecule has 0 radical (unpaired) electrons. The first kappa shape index (κ1) is 16.2. The molecule has 2 rings (SSSR count). The Bertz CT molecular complexity index is 517. The minimum atomic E-state index is -0.327. The quantitative estimate of drug-likeness (QED) is 0.816. The molecule has 21 heavy (non-hydrogen) atoms. The minimum Gasteiger partial charge on any atom is -0.389 e. The summed E-state index contributed by atoms with van der Waals surface area (Å²) in [4.78, 5) is 0.210. The number of ether oxygens (including phenoxy) is 1. The van der Waals surface area contributed by atoms with Gasteiger partial charge in [0.25, 0.3) is 0 Å². The zero-order valence-electron chi connectivity index (χ0n) is 12.6. The molecule has 1 aliphatic heterocycles. The van der Waals surface area contributed by atoms with Gasteiger partial charge >= 0.3 is 0 Å². The normalized spacial score (nSPS) is 21.0. The van der Waals surface area contributed by atoms with Gasteiger partial charge in [-0.15, -0.1) is 0 Å². The number of hydrogen-bond acceptors (Lipinski definition) is 3. The first-order chi connectivity index (χ1) is 9.99. The first-order valence-electron chi connectivity index (χ1n) is 7.49. The average molecular weight is 310 g/mol. The van der Waals surface area contributed by atoms with E-state index in [1.165, 1.54) is 12.1 Å². The van der Waals surface area contributed by atoms with Crippen molar-refractivity contribution in [3.63, 3.8) is 0 Å². The molecule has 1 unspecified atom stereocenters. The summed E-state index contributed by atoms with van der Waals surface area (Å²) in [5, 5.41) is 3.47. The van der Waals surface area contributed by atoms with Crippen molar-refractivity contribution < 1.29 is 9.13 Å². The summed E-state index contributed by atoms with van der Waals surface area (Å²) in [5.74, 6) is -0.327. The van der Waals surface area contributed by atoms with Crippen LogP contribution in [-0.4, -0.2) is 23.2 Å². The highest BCUT2D eigenvalue weighted by atomic mass is 32.1. The second-order valence-corrected chi connectivity index (χ2v) is 6.07. The van der Waals surface area contributed by atoms with Gasteiger partial charge in [-0.05, 0) is 43.9 Å². The van der Waals surface area contributed by atoms with Crippen LogP contribution in [0.25, 0.3) is 0 Å². The van der Waals surface area contributed by atoms with Crippen molar-refractivity contribution in [1.29, 1.82) is 0 Å². The Hall–Kier alpha value is -1.20. The van der Waals surface area contributed by atoms with E-state index >= 15 is 0 Å². The largest absolute Gasteiger partial charge is 0.389 e. The van der Waals surface area contributed by atoms with Gasteiger partial charge in [-0.2, -0.15) is 0 Å². The van der Waals surface area contributed by atoms with Gasteiger partial charge in [-0.3, -0.25) is 0 Å². The zero-order chi connectivity index (χ0) is 15.5. The van der Waals surface area contributed by atoms with E-state index in [2.05, 4.69) is 19.2 Å². The first-order valence-corrected chi connectivity index (χ1v) is 7.90. The Kier molecular flexibility index (Phi) is 5.17. The molecular formula is C16H23FN2OS. The van der Waals surface area contributed by atoms with Gasteiger partial charge < -0.3 is 15.8 Å². The smallest absolute Gasteiger partial charge is 0.124 e. The summed E-state index contributed by atoms with van der Waals surface area (Å²) in [6, 6.07) is 4.81. The predicted molar refractivity (Wildman–Crippen MR) is 88.2 cm³/mol. The van der Waals surface area contributed by atoms with Gasteiger partial charge in [0.2, 0.25) is 0 Å². The Morgan fingerprint density at radius 2 is 2.19 bits per heavy atom. The lowest BCUT2D eigenvalue weighted by atomic mass is 9.85. The minimum absolute atomic E-state index is 0.0562. The van der Waals surface area contributed by atoms with Crippen LogP contribution < -0.4 is 11.1 Å². The maximum absolute atomic E-state index is 13.4. The standard InChI is InChI=1S/C16H23FN2OS/c1-3-16(4-2)10-12(7-8-20-16)19-14-6-5-11(17)9-13(14)15(18)21/h5-6,9,12,19H,3-4,7-8,10H2,1-2H3,(H2,18,21). The van der Waals surface area contributed by atoms with Crippen molar-refractivity contribution in [3.05, 3.63) is 29.6 Å². The number of halogens is 1. The molecule has 3 nitrogen and oxygen atoms in total. The molecule has 1 heterocycles.